The van der Waals surface area contributed by atoms with Crippen LogP contribution in [-0.4, -0.2) is 21.6 Å². The fourth-order valence-electron chi connectivity index (χ4n) is 2.12. The fraction of sp³-hybridized carbons (Fsp3) is 0.250. The van der Waals surface area contributed by atoms with E-state index in [1.807, 2.05) is 32.0 Å². The number of benzene rings is 2. The molecule has 7 heteroatoms. The molecule has 4 nitrogen and oxygen atoms in total. The summed E-state index contributed by atoms with van der Waals surface area (Å²) in [4.78, 5) is -0.719. The molecule has 0 aliphatic heterocycles. The number of hydrogen-bond donors (Lipinski definition) is 1. The van der Waals surface area contributed by atoms with Crippen LogP contribution in [0.1, 0.15) is 11.1 Å². The molecular formula is C16H17F2NO3S. The molecule has 0 fully saturated rings. The first kappa shape index (κ1) is 17.4. The summed E-state index contributed by atoms with van der Waals surface area (Å²) in [6, 6.07) is 7.92. The molecule has 0 aromatic heterocycles. The summed E-state index contributed by atoms with van der Waals surface area (Å²) in [6.07, 6.45) is 0. The highest BCUT2D eigenvalue weighted by Gasteiger charge is 2.19. The zero-order chi connectivity index (χ0) is 17.0. The maximum Gasteiger partial charge on any atom is 0.243 e. The maximum absolute atomic E-state index is 13.5. The number of aryl methyl sites for hydroxylation is 2. The van der Waals surface area contributed by atoms with E-state index in [9.17, 15) is 17.2 Å². The van der Waals surface area contributed by atoms with E-state index in [0.29, 0.717) is 11.8 Å². The van der Waals surface area contributed by atoms with Crippen LogP contribution in [0.25, 0.3) is 0 Å². The van der Waals surface area contributed by atoms with Crippen LogP contribution >= 0.6 is 0 Å². The smallest absolute Gasteiger partial charge is 0.243 e. The van der Waals surface area contributed by atoms with E-state index in [2.05, 4.69) is 4.72 Å². The number of rotatable bonds is 6. The van der Waals surface area contributed by atoms with Gasteiger partial charge in [-0.3, -0.25) is 0 Å². The predicted molar refractivity (Wildman–Crippen MR) is 83.0 cm³/mol. The molecule has 0 aliphatic rings. The van der Waals surface area contributed by atoms with Gasteiger partial charge in [-0.1, -0.05) is 6.07 Å². The lowest BCUT2D eigenvalue weighted by Gasteiger charge is -2.10. The van der Waals surface area contributed by atoms with Crippen molar-refractivity contribution in [2.24, 2.45) is 0 Å². The van der Waals surface area contributed by atoms with Gasteiger partial charge < -0.3 is 4.74 Å². The highest BCUT2D eigenvalue weighted by atomic mass is 32.2. The van der Waals surface area contributed by atoms with Crippen LogP contribution in [0, 0.1) is 25.5 Å². The van der Waals surface area contributed by atoms with Crippen molar-refractivity contribution in [1.29, 1.82) is 0 Å². The van der Waals surface area contributed by atoms with Crippen molar-refractivity contribution in [3.05, 3.63) is 59.2 Å². The molecule has 0 amide bonds. The van der Waals surface area contributed by atoms with Gasteiger partial charge in [-0.15, -0.1) is 0 Å². The Balaban J connectivity index is 1.96. The monoisotopic (exact) mass is 341 g/mol. The van der Waals surface area contributed by atoms with E-state index >= 15 is 0 Å². The molecule has 2 rings (SSSR count). The summed E-state index contributed by atoms with van der Waals surface area (Å²) in [5, 5.41) is 0. The van der Waals surface area contributed by atoms with Crippen LogP contribution in [0.15, 0.2) is 41.3 Å². The van der Waals surface area contributed by atoms with E-state index < -0.39 is 26.6 Å². The normalized spacial score (nSPS) is 11.5. The summed E-state index contributed by atoms with van der Waals surface area (Å²) in [7, 11) is -4.13. The first-order valence-electron chi connectivity index (χ1n) is 6.94. The summed E-state index contributed by atoms with van der Waals surface area (Å²) >= 11 is 0. The van der Waals surface area contributed by atoms with Gasteiger partial charge in [0, 0.05) is 6.54 Å². The summed E-state index contributed by atoms with van der Waals surface area (Å²) in [6.45, 7) is 3.86. The Hall–Kier alpha value is -1.99. The lowest BCUT2D eigenvalue weighted by atomic mass is 10.1. The van der Waals surface area contributed by atoms with Gasteiger partial charge in [0.2, 0.25) is 10.0 Å². The largest absolute Gasteiger partial charge is 0.492 e. The zero-order valence-electron chi connectivity index (χ0n) is 12.8. The van der Waals surface area contributed by atoms with Crippen molar-refractivity contribution < 1.29 is 21.9 Å². The van der Waals surface area contributed by atoms with Crippen molar-refractivity contribution in [3.8, 4) is 5.75 Å². The van der Waals surface area contributed by atoms with E-state index in [-0.39, 0.29) is 13.2 Å². The maximum atomic E-state index is 13.5. The molecule has 2 aromatic rings. The SMILES string of the molecule is Cc1cc(C)cc(OCCNS(=O)(=O)c2cc(F)ccc2F)c1. The Morgan fingerprint density at radius 2 is 1.70 bits per heavy atom. The van der Waals surface area contributed by atoms with Crippen molar-refractivity contribution in [2.75, 3.05) is 13.2 Å². The van der Waals surface area contributed by atoms with E-state index in [1.165, 1.54) is 0 Å². The second-order valence-corrected chi connectivity index (χ2v) is 6.88. The Morgan fingerprint density at radius 1 is 1.04 bits per heavy atom. The van der Waals surface area contributed by atoms with Crippen LogP contribution in [-0.2, 0) is 10.0 Å². The minimum Gasteiger partial charge on any atom is -0.492 e. The van der Waals surface area contributed by atoms with Crippen molar-refractivity contribution in [3.63, 3.8) is 0 Å². The molecule has 0 bridgehead atoms. The van der Waals surface area contributed by atoms with Gasteiger partial charge in [0.1, 0.15) is 28.9 Å². The molecule has 0 heterocycles. The van der Waals surface area contributed by atoms with E-state index in [4.69, 9.17) is 4.74 Å². The third-order valence-electron chi connectivity index (χ3n) is 3.04. The van der Waals surface area contributed by atoms with Crippen LogP contribution in [0.5, 0.6) is 5.75 Å². The van der Waals surface area contributed by atoms with Gasteiger partial charge in [0.05, 0.1) is 0 Å². The molecule has 2 aromatic carbocycles. The minimum absolute atomic E-state index is 0.0642. The van der Waals surface area contributed by atoms with Crippen LogP contribution in [0.3, 0.4) is 0 Å². The second-order valence-electron chi connectivity index (χ2n) is 5.14. The van der Waals surface area contributed by atoms with Gasteiger partial charge in [0.25, 0.3) is 0 Å². The predicted octanol–water partition coefficient (Wildman–Crippen LogP) is 2.94. The minimum atomic E-state index is -4.13. The summed E-state index contributed by atoms with van der Waals surface area (Å²) in [5.41, 5.74) is 2.06. The summed E-state index contributed by atoms with van der Waals surface area (Å²) in [5.74, 6) is -1.20. The van der Waals surface area contributed by atoms with Gasteiger partial charge >= 0.3 is 0 Å². The molecule has 0 atom stereocenters. The van der Waals surface area contributed by atoms with Crippen LogP contribution in [0.2, 0.25) is 0 Å². The average Bonchev–Trinajstić information content (AvgIpc) is 2.45. The molecule has 0 radical (unpaired) electrons. The van der Waals surface area contributed by atoms with E-state index in [0.717, 1.165) is 23.3 Å². The molecule has 1 N–H and O–H groups in total. The topological polar surface area (TPSA) is 55.4 Å². The zero-order valence-corrected chi connectivity index (χ0v) is 13.6. The highest BCUT2D eigenvalue weighted by Crippen LogP contribution is 2.17. The van der Waals surface area contributed by atoms with Crippen molar-refractivity contribution in [1.82, 2.24) is 4.72 Å². The van der Waals surface area contributed by atoms with Gasteiger partial charge in [-0.25, -0.2) is 21.9 Å². The van der Waals surface area contributed by atoms with Crippen LogP contribution < -0.4 is 9.46 Å². The molecule has 0 saturated heterocycles. The molecule has 0 unspecified atom stereocenters. The molecule has 0 aliphatic carbocycles. The number of sulfonamides is 1. The van der Waals surface area contributed by atoms with Crippen molar-refractivity contribution >= 4 is 10.0 Å². The van der Waals surface area contributed by atoms with Crippen molar-refractivity contribution in [2.45, 2.75) is 18.7 Å². The van der Waals surface area contributed by atoms with Crippen LogP contribution in [0.4, 0.5) is 8.78 Å². The lowest BCUT2D eigenvalue weighted by molar-refractivity contribution is 0.322. The third-order valence-corrected chi connectivity index (χ3v) is 4.52. The van der Waals surface area contributed by atoms with Gasteiger partial charge in [-0.05, 0) is 55.3 Å². The Kier molecular flexibility index (Phi) is 5.33. The molecular weight excluding hydrogens is 324 g/mol. The third kappa shape index (κ3) is 4.74. The Morgan fingerprint density at radius 3 is 2.35 bits per heavy atom. The Labute approximate surface area is 134 Å². The average molecular weight is 341 g/mol. The number of ether oxygens (including phenoxy) is 1. The molecule has 0 spiro atoms. The Bertz CT molecular complexity index is 787. The number of hydrogen-bond acceptors (Lipinski definition) is 3. The standard InChI is InChI=1S/C16H17F2NO3S/c1-11-7-12(2)9-14(8-11)22-6-5-19-23(20,21)16-10-13(17)3-4-15(16)18/h3-4,7-10,19H,5-6H2,1-2H3. The molecule has 23 heavy (non-hydrogen) atoms. The number of nitrogens with one attached hydrogen (secondary N) is 1. The lowest BCUT2D eigenvalue weighted by Crippen LogP contribution is -2.29. The quantitative estimate of drug-likeness (QED) is 0.822. The second kappa shape index (κ2) is 7.06. The van der Waals surface area contributed by atoms with Gasteiger partial charge in [-0.2, -0.15) is 0 Å². The summed E-state index contributed by atoms with van der Waals surface area (Å²) < 4.78 is 58.1. The number of halogens is 2. The van der Waals surface area contributed by atoms with Gasteiger partial charge in [0.15, 0.2) is 0 Å². The highest BCUT2D eigenvalue weighted by molar-refractivity contribution is 7.89. The molecule has 0 saturated carbocycles. The fourth-order valence-corrected chi connectivity index (χ4v) is 3.22. The first-order valence-corrected chi connectivity index (χ1v) is 8.42. The molecule has 124 valence electrons. The first-order chi connectivity index (χ1) is 10.8. The van der Waals surface area contributed by atoms with E-state index in [1.54, 1.807) is 0 Å².